The van der Waals surface area contributed by atoms with Crippen molar-refractivity contribution in [2.45, 2.75) is 19.9 Å². The van der Waals surface area contributed by atoms with Gasteiger partial charge >= 0.3 is 0 Å². The Morgan fingerprint density at radius 3 is 2.78 bits per heavy atom. The van der Waals surface area contributed by atoms with Crippen molar-refractivity contribution in [1.82, 2.24) is 19.5 Å². The van der Waals surface area contributed by atoms with E-state index in [1.807, 2.05) is 43.3 Å². The third kappa shape index (κ3) is 3.61. The summed E-state index contributed by atoms with van der Waals surface area (Å²) < 4.78 is 4.01. The Morgan fingerprint density at radius 2 is 2.00 bits per heavy atom. The van der Waals surface area contributed by atoms with Crippen molar-refractivity contribution in [3.05, 3.63) is 68.5 Å². The molecule has 1 aromatic carbocycles. The van der Waals surface area contributed by atoms with Crippen LogP contribution in [0.4, 0.5) is 0 Å². The zero-order valence-corrected chi connectivity index (χ0v) is 16.2. The molecule has 4 aromatic rings. The van der Waals surface area contributed by atoms with Crippen molar-refractivity contribution >= 4 is 44.6 Å². The van der Waals surface area contributed by atoms with Crippen LogP contribution in [-0.2, 0) is 17.8 Å². The maximum atomic E-state index is 12.6. The zero-order chi connectivity index (χ0) is 19.0. The van der Waals surface area contributed by atoms with E-state index in [-0.39, 0.29) is 18.0 Å². The van der Waals surface area contributed by atoms with E-state index in [2.05, 4.69) is 10.4 Å². The zero-order valence-electron chi connectivity index (χ0n) is 14.6. The van der Waals surface area contributed by atoms with Crippen LogP contribution in [0.5, 0.6) is 0 Å². The van der Waals surface area contributed by atoms with E-state index < -0.39 is 0 Å². The molecular formula is C19H17ClN4O2S. The quantitative estimate of drug-likeness (QED) is 0.560. The molecule has 6 nitrogen and oxygen atoms in total. The second-order valence-electron chi connectivity index (χ2n) is 6.33. The molecule has 3 heterocycles. The lowest BCUT2D eigenvalue weighted by Crippen LogP contribution is -2.35. The third-order valence-electron chi connectivity index (χ3n) is 4.35. The number of rotatable bonds is 5. The van der Waals surface area contributed by atoms with Gasteiger partial charge < -0.3 is 5.32 Å². The minimum absolute atomic E-state index is 0.103. The molecule has 0 fully saturated rings. The maximum Gasteiger partial charge on any atom is 0.291 e. The van der Waals surface area contributed by atoms with Crippen molar-refractivity contribution < 1.29 is 4.79 Å². The highest BCUT2D eigenvalue weighted by Gasteiger charge is 2.12. The van der Waals surface area contributed by atoms with Gasteiger partial charge in [-0.2, -0.15) is 5.10 Å². The Hall–Kier alpha value is -2.64. The van der Waals surface area contributed by atoms with E-state index in [4.69, 9.17) is 11.6 Å². The lowest BCUT2D eigenvalue weighted by molar-refractivity contribution is -0.121. The molecule has 138 valence electrons. The molecule has 0 unspecified atom stereocenters. The molecule has 0 saturated heterocycles. The van der Waals surface area contributed by atoms with Gasteiger partial charge in [-0.1, -0.05) is 23.7 Å². The highest BCUT2D eigenvalue weighted by molar-refractivity contribution is 7.19. The number of aromatic nitrogens is 3. The molecular weight excluding hydrogens is 384 g/mol. The van der Waals surface area contributed by atoms with Crippen LogP contribution in [0.15, 0.2) is 47.5 Å². The summed E-state index contributed by atoms with van der Waals surface area (Å²) >= 11 is 7.49. The molecule has 0 atom stereocenters. The van der Waals surface area contributed by atoms with Gasteiger partial charge in [-0.25, -0.2) is 4.68 Å². The first-order valence-electron chi connectivity index (χ1n) is 8.50. The van der Waals surface area contributed by atoms with Gasteiger partial charge in [-0.05, 0) is 43.2 Å². The van der Waals surface area contributed by atoms with Gasteiger partial charge in [-0.3, -0.25) is 14.0 Å². The Kier molecular flexibility index (Phi) is 4.72. The summed E-state index contributed by atoms with van der Waals surface area (Å²) in [5.74, 6) is -0.243. The van der Waals surface area contributed by atoms with Crippen LogP contribution in [0.3, 0.4) is 0 Å². The Morgan fingerprint density at radius 1 is 1.22 bits per heavy atom. The predicted octanol–water partition coefficient (Wildman–Crippen LogP) is 3.03. The molecule has 0 aliphatic heterocycles. The fraction of sp³-hybridized carbons (Fsp3) is 0.211. The minimum Gasteiger partial charge on any atom is -0.354 e. The van der Waals surface area contributed by atoms with E-state index in [1.54, 1.807) is 22.1 Å². The van der Waals surface area contributed by atoms with E-state index in [9.17, 15) is 9.59 Å². The number of nitrogens with one attached hydrogen (secondary N) is 1. The van der Waals surface area contributed by atoms with Crippen LogP contribution in [0.1, 0.15) is 10.4 Å². The molecule has 1 N–H and O–H groups in total. The van der Waals surface area contributed by atoms with Crippen LogP contribution in [0, 0.1) is 6.92 Å². The van der Waals surface area contributed by atoms with Crippen molar-refractivity contribution in [2.75, 3.05) is 6.54 Å². The summed E-state index contributed by atoms with van der Waals surface area (Å²) in [6, 6.07) is 11.4. The number of hydrogen-bond acceptors (Lipinski definition) is 4. The Balaban J connectivity index is 1.44. The summed E-state index contributed by atoms with van der Waals surface area (Å²) in [5, 5.41) is 7.66. The lowest BCUT2D eigenvalue weighted by atomic mass is 10.1. The van der Waals surface area contributed by atoms with Gasteiger partial charge in [0.1, 0.15) is 18.4 Å². The summed E-state index contributed by atoms with van der Waals surface area (Å²) in [6.07, 6.45) is 2.28. The molecule has 0 spiro atoms. The summed E-state index contributed by atoms with van der Waals surface area (Å²) in [5.41, 5.74) is 2.31. The minimum atomic E-state index is -0.272. The van der Waals surface area contributed by atoms with E-state index in [1.165, 1.54) is 9.56 Å². The van der Waals surface area contributed by atoms with Gasteiger partial charge in [0.2, 0.25) is 5.91 Å². The first-order chi connectivity index (χ1) is 13.0. The predicted molar refractivity (Wildman–Crippen MR) is 108 cm³/mol. The standard InChI is InChI=1S/C19H17ClN4O2S/c1-12-8-15-17(27-12)9-16-19(26)24(22-11-23(15)16)10-18(25)21-7-6-13-2-4-14(20)5-3-13/h2-5,8-9,11H,6-7,10H2,1H3,(H,21,25). The van der Waals surface area contributed by atoms with Crippen LogP contribution in [0.25, 0.3) is 15.7 Å². The van der Waals surface area contributed by atoms with Gasteiger partial charge in [0.15, 0.2) is 0 Å². The fourth-order valence-electron chi connectivity index (χ4n) is 3.02. The second kappa shape index (κ2) is 7.17. The summed E-state index contributed by atoms with van der Waals surface area (Å²) in [4.78, 5) is 26.0. The van der Waals surface area contributed by atoms with Crippen molar-refractivity contribution in [3.8, 4) is 0 Å². The number of halogens is 1. The molecule has 0 aliphatic carbocycles. The summed E-state index contributed by atoms with van der Waals surface area (Å²) in [7, 11) is 0. The fourth-order valence-corrected chi connectivity index (χ4v) is 4.10. The highest BCUT2D eigenvalue weighted by atomic mass is 35.5. The van der Waals surface area contributed by atoms with E-state index in [0.717, 1.165) is 15.8 Å². The normalized spacial score (nSPS) is 11.3. The third-order valence-corrected chi connectivity index (χ3v) is 5.59. The molecule has 4 rings (SSSR count). The van der Waals surface area contributed by atoms with Crippen molar-refractivity contribution in [3.63, 3.8) is 0 Å². The maximum absolute atomic E-state index is 12.6. The van der Waals surface area contributed by atoms with Crippen molar-refractivity contribution in [1.29, 1.82) is 0 Å². The largest absolute Gasteiger partial charge is 0.354 e. The van der Waals surface area contributed by atoms with Crippen LogP contribution in [0.2, 0.25) is 5.02 Å². The van der Waals surface area contributed by atoms with Crippen LogP contribution >= 0.6 is 22.9 Å². The average molecular weight is 401 g/mol. The molecule has 0 radical (unpaired) electrons. The number of aryl methyl sites for hydroxylation is 1. The highest BCUT2D eigenvalue weighted by Crippen LogP contribution is 2.26. The molecule has 0 aliphatic rings. The van der Waals surface area contributed by atoms with E-state index >= 15 is 0 Å². The first kappa shape index (κ1) is 17.8. The number of carbonyl (C=O) groups is 1. The number of thiophene rings is 1. The van der Waals surface area contributed by atoms with E-state index in [0.29, 0.717) is 23.5 Å². The van der Waals surface area contributed by atoms with Crippen LogP contribution < -0.4 is 10.9 Å². The number of benzene rings is 1. The SMILES string of the molecule is Cc1cc2c(cc3c(=O)n(CC(=O)NCCc4ccc(Cl)cc4)ncn32)s1. The number of amides is 1. The Labute approximate surface area is 164 Å². The van der Waals surface area contributed by atoms with Gasteiger partial charge in [-0.15, -0.1) is 11.3 Å². The number of fused-ring (bicyclic) bond motifs is 3. The smallest absolute Gasteiger partial charge is 0.291 e. The molecule has 0 bridgehead atoms. The number of nitrogens with zero attached hydrogens (tertiary/aromatic N) is 3. The monoisotopic (exact) mass is 400 g/mol. The molecule has 3 aromatic heterocycles. The van der Waals surface area contributed by atoms with Crippen molar-refractivity contribution in [2.24, 2.45) is 0 Å². The van der Waals surface area contributed by atoms with Gasteiger partial charge in [0.05, 0.1) is 10.2 Å². The van der Waals surface area contributed by atoms with Crippen LogP contribution in [-0.4, -0.2) is 26.6 Å². The van der Waals surface area contributed by atoms with Gasteiger partial charge in [0, 0.05) is 16.4 Å². The average Bonchev–Trinajstić information content (AvgIpc) is 3.16. The molecule has 27 heavy (non-hydrogen) atoms. The number of carbonyl (C=O) groups excluding carboxylic acids is 1. The molecule has 8 heteroatoms. The Bertz CT molecular complexity index is 1190. The molecule has 1 amide bonds. The summed E-state index contributed by atoms with van der Waals surface area (Å²) in [6.45, 7) is 2.41. The first-order valence-corrected chi connectivity index (χ1v) is 9.69. The molecule has 0 saturated carbocycles. The topological polar surface area (TPSA) is 68.4 Å². The number of hydrogen-bond donors (Lipinski definition) is 1. The second-order valence-corrected chi connectivity index (χ2v) is 8.05. The lowest BCUT2D eigenvalue weighted by Gasteiger charge is -2.07. The van der Waals surface area contributed by atoms with Gasteiger partial charge in [0.25, 0.3) is 5.56 Å².